The van der Waals surface area contributed by atoms with Crippen molar-refractivity contribution in [3.05, 3.63) is 64.0 Å². The summed E-state index contributed by atoms with van der Waals surface area (Å²) in [6.07, 6.45) is 4.28. The van der Waals surface area contributed by atoms with Crippen LogP contribution in [0.1, 0.15) is 37.6 Å². The third-order valence-corrected chi connectivity index (χ3v) is 5.38. The number of hydrogen-bond acceptors (Lipinski definition) is 7. The van der Waals surface area contributed by atoms with E-state index in [0.29, 0.717) is 36.1 Å². The molecule has 9 nitrogen and oxygen atoms in total. The molecular weight excluding hydrogens is 412 g/mol. The second kappa shape index (κ2) is 9.59. The van der Waals surface area contributed by atoms with E-state index < -0.39 is 4.92 Å². The summed E-state index contributed by atoms with van der Waals surface area (Å²) in [6.45, 7) is 2.54. The molecular formula is C23H24N4O5. The summed E-state index contributed by atoms with van der Waals surface area (Å²) in [7, 11) is 0. The Morgan fingerprint density at radius 1 is 1.25 bits per heavy atom. The van der Waals surface area contributed by atoms with E-state index in [9.17, 15) is 14.9 Å². The Labute approximate surface area is 185 Å². The number of anilines is 1. The van der Waals surface area contributed by atoms with Gasteiger partial charge in [-0.05, 0) is 55.2 Å². The van der Waals surface area contributed by atoms with Gasteiger partial charge in [0, 0.05) is 36.3 Å². The van der Waals surface area contributed by atoms with Crippen molar-refractivity contribution in [2.24, 2.45) is 0 Å². The fourth-order valence-electron chi connectivity index (χ4n) is 3.68. The average molecular weight is 436 g/mol. The standard InChI is InChI=1S/C23H24N4O5/c1-2-3-6-21-24-23(25-32-21)16-7-10-19(11-8-16)31-15-22(28)26-13-4-5-17-14-18(27(29)30)9-12-20(17)26/h7-12,14H,2-6,13,15H2,1H3. The first-order valence-electron chi connectivity index (χ1n) is 10.7. The van der Waals surface area contributed by atoms with E-state index in [2.05, 4.69) is 17.1 Å². The molecule has 166 valence electrons. The number of nitro benzene ring substituents is 1. The predicted molar refractivity (Wildman–Crippen MR) is 118 cm³/mol. The van der Waals surface area contributed by atoms with Crippen LogP contribution in [0.2, 0.25) is 0 Å². The van der Waals surface area contributed by atoms with Crippen molar-refractivity contribution in [3.63, 3.8) is 0 Å². The lowest BCUT2D eigenvalue weighted by Crippen LogP contribution is -2.38. The summed E-state index contributed by atoms with van der Waals surface area (Å²) < 4.78 is 11.0. The summed E-state index contributed by atoms with van der Waals surface area (Å²) in [4.78, 5) is 29.4. The number of carbonyl (C=O) groups excluding carboxylic acids is 1. The van der Waals surface area contributed by atoms with E-state index in [1.807, 2.05) is 12.1 Å². The zero-order valence-corrected chi connectivity index (χ0v) is 17.8. The van der Waals surface area contributed by atoms with Gasteiger partial charge in [0.2, 0.25) is 11.7 Å². The van der Waals surface area contributed by atoms with E-state index in [1.165, 1.54) is 6.07 Å². The molecule has 4 rings (SSSR count). The minimum absolute atomic E-state index is 0.0356. The number of carbonyl (C=O) groups is 1. The van der Waals surface area contributed by atoms with E-state index >= 15 is 0 Å². The van der Waals surface area contributed by atoms with Gasteiger partial charge in [-0.15, -0.1) is 0 Å². The van der Waals surface area contributed by atoms with Crippen LogP contribution in [0.25, 0.3) is 11.4 Å². The number of fused-ring (bicyclic) bond motifs is 1. The SMILES string of the molecule is CCCCc1nc(-c2ccc(OCC(=O)N3CCCc4cc([N+](=O)[O-])ccc43)cc2)no1. The first kappa shape index (κ1) is 21.5. The molecule has 9 heteroatoms. The molecule has 0 N–H and O–H groups in total. The second-order valence-corrected chi connectivity index (χ2v) is 7.65. The molecule has 1 aromatic heterocycles. The smallest absolute Gasteiger partial charge is 0.269 e. The van der Waals surface area contributed by atoms with Crippen molar-refractivity contribution < 1.29 is 19.0 Å². The normalized spacial score (nSPS) is 13.0. The van der Waals surface area contributed by atoms with Crippen molar-refractivity contribution in [2.75, 3.05) is 18.1 Å². The lowest BCUT2D eigenvalue weighted by molar-refractivity contribution is -0.384. The molecule has 0 unspecified atom stereocenters. The number of ether oxygens (including phenoxy) is 1. The molecule has 32 heavy (non-hydrogen) atoms. The van der Waals surface area contributed by atoms with Gasteiger partial charge < -0.3 is 14.2 Å². The van der Waals surface area contributed by atoms with Gasteiger partial charge in [0.05, 0.1) is 4.92 Å². The van der Waals surface area contributed by atoms with Crippen LogP contribution in [0.5, 0.6) is 5.75 Å². The summed E-state index contributed by atoms with van der Waals surface area (Å²) in [6, 6.07) is 11.8. The Morgan fingerprint density at radius 2 is 2.06 bits per heavy atom. The Morgan fingerprint density at radius 3 is 2.81 bits per heavy atom. The lowest BCUT2D eigenvalue weighted by atomic mass is 10.0. The quantitative estimate of drug-likeness (QED) is 0.381. The summed E-state index contributed by atoms with van der Waals surface area (Å²) in [5, 5.41) is 15.0. The fourth-order valence-corrected chi connectivity index (χ4v) is 3.68. The zero-order chi connectivity index (χ0) is 22.5. The molecule has 0 saturated heterocycles. The molecule has 0 aliphatic carbocycles. The van der Waals surface area contributed by atoms with Crippen molar-refractivity contribution >= 4 is 17.3 Å². The van der Waals surface area contributed by atoms with Gasteiger partial charge in [0.1, 0.15) is 5.75 Å². The maximum absolute atomic E-state index is 12.8. The Bertz CT molecular complexity index is 1110. The average Bonchev–Trinajstić information content (AvgIpc) is 3.29. The summed E-state index contributed by atoms with van der Waals surface area (Å²) in [5.41, 5.74) is 2.36. The minimum atomic E-state index is -0.422. The van der Waals surface area contributed by atoms with Crippen molar-refractivity contribution in [1.82, 2.24) is 10.1 Å². The van der Waals surface area contributed by atoms with Crippen LogP contribution in [0, 0.1) is 10.1 Å². The van der Waals surface area contributed by atoms with Crippen LogP contribution in [-0.4, -0.2) is 34.1 Å². The Hall–Kier alpha value is -3.75. The largest absolute Gasteiger partial charge is 0.484 e. The van der Waals surface area contributed by atoms with Gasteiger partial charge in [-0.25, -0.2) is 0 Å². The Balaban J connectivity index is 1.38. The third kappa shape index (κ3) is 4.77. The van der Waals surface area contributed by atoms with Gasteiger partial charge in [-0.1, -0.05) is 18.5 Å². The first-order valence-corrected chi connectivity index (χ1v) is 10.7. The van der Waals surface area contributed by atoms with Crippen LogP contribution < -0.4 is 9.64 Å². The molecule has 0 fully saturated rings. The lowest BCUT2D eigenvalue weighted by Gasteiger charge is -2.29. The Kier molecular flexibility index (Phi) is 6.44. The maximum atomic E-state index is 12.8. The second-order valence-electron chi connectivity index (χ2n) is 7.65. The van der Waals surface area contributed by atoms with Crippen molar-refractivity contribution in [1.29, 1.82) is 0 Å². The predicted octanol–water partition coefficient (Wildman–Crippen LogP) is 4.35. The zero-order valence-electron chi connectivity index (χ0n) is 17.8. The first-order chi connectivity index (χ1) is 15.5. The molecule has 0 radical (unpaired) electrons. The number of aromatic nitrogens is 2. The number of nitrogens with zero attached hydrogens (tertiary/aromatic N) is 4. The topological polar surface area (TPSA) is 112 Å². The molecule has 0 atom stereocenters. The van der Waals surface area contributed by atoms with E-state index in [1.54, 1.807) is 29.2 Å². The van der Waals surface area contributed by atoms with Crippen LogP contribution in [0.3, 0.4) is 0 Å². The molecule has 1 aliphatic heterocycles. The number of unbranched alkanes of at least 4 members (excludes halogenated alkanes) is 1. The van der Waals surface area contributed by atoms with Crippen LogP contribution in [0.4, 0.5) is 11.4 Å². The monoisotopic (exact) mass is 436 g/mol. The van der Waals surface area contributed by atoms with Crippen molar-refractivity contribution in [3.8, 4) is 17.1 Å². The minimum Gasteiger partial charge on any atom is -0.484 e. The number of amides is 1. The van der Waals surface area contributed by atoms with Gasteiger partial charge in [-0.3, -0.25) is 14.9 Å². The van der Waals surface area contributed by atoms with Crippen molar-refractivity contribution in [2.45, 2.75) is 39.0 Å². The van der Waals surface area contributed by atoms with E-state index in [0.717, 1.165) is 36.8 Å². The number of non-ortho nitro benzene ring substituents is 1. The van der Waals surface area contributed by atoms with Crippen LogP contribution in [-0.2, 0) is 17.6 Å². The molecule has 1 aliphatic rings. The van der Waals surface area contributed by atoms with Gasteiger partial charge >= 0.3 is 0 Å². The number of hydrogen-bond donors (Lipinski definition) is 0. The molecule has 1 amide bonds. The number of aryl methyl sites for hydroxylation is 2. The molecule has 2 heterocycles. The van der Waals surface area contributed by atoms with E-state index in [-0.39, 0.29) is 18.2 Å². The number of rotatable bonds is 8. The fraction of sp³-hybridized carbons (Fsp3) is 0.348. The highest BCUT2D eigenvalue weighted by atomic mass is 16.6. The van der Waals surface area contributed by atoms with Gasteiger partial charge in [-0.2, -0.15) is 4.98 Å². The number of nitro groups is 1. The number of benzene rings is 2. The summed E-state index contributed by atoms with van der Waals surface area (Å²) >= 11 is 0. The highest BCUT2D eigenvalue weighted by molar-refractivity contribution is 5.95. The molecule has 3 aromatic rings. The van der Waals surface area contributed by atoms with E-state index in [4.69, 9.17) is 9.26 Å². The molecule has 0 bridgehead atoms. The highest BCUT2D eigenvalue weighted by Crippen LogP contribution is 2.30. The van der Waals surface area contributed by atoms with Crippen LogP contribution >= 0.6 is 0 Å². The molecule has 0 spiro atoms. The van der Waals surface area contributed by atoms with Gasteiger partial charge in [0.25, 0.3) is 11.6 Å². The summed E-state index contributed by atoms with van der Waals surface area (Å²) in [5.74, 6) is 1.51. The van der Waals surface area contributed by atoms with Crippen LogP contribution in [0.15, 0.2) is 47.0 Å². The third-order valence-electron chi connectivity index (χ3n) is 5.38. The maximum Gasteiger partial charge on any atom is 0.269 e. The molecule has 2 aromatic carbocycles. The highest BCUT2D eigenvalue weighted by Gasteiger charge is 2.24. The van der Waals surface area contributed by atoms with Gasteiger partial charge in [0.15, 0.2) is 6.61 Å². The molecule has 0 saturated carbocycles.